The summed E-state index contributed by atoms with van der Waals surface area (Å²) >= 11 is 1.68. The fourth-order valence-electron chi connectivity index (χ4n) is 3.07. The molecule has 1 unspecified atom stereocenters. The Morgan fingerprint density at radius 2 is 2.05 bits per heavy atom. The first-order chi connectivity index (χ1) is 9.79. The number of imidazole rings is 1. The van der Waals surface area contributed by atoms with Crippen molar-refractivity contribution < 1.29 is 0 Å². The molecule has 102 valence electrons. The van der Waals surface area contributed by atoms with Gasteiger partial charge in [-0.15, -0.1) is 11.3 Å². The highest BCUT2D eigenvalue weighted by atomic mass is 32.1. The maximum absolute atomic E-state index is 4.68. The van der Waals surface area contributed by atoms with Crippen LogP contribution in [0, 0.1) is 0 Å². The van der Waals surface area contributed by atoms with Crippen LogP contribution >= 0.6 is 11.3 Å². The minimum Gasteiger partial charge on any atom is -0.305 e. The molecule has 2 heterocycles. The van der Waals surface area contributed by atoms with Crippen LogP contribution in [0.2, 0.25) is 0 Å². The lowest BCUT2D eigenvalue weighted by Crippen LogP contribution is -2.32. The Bertz CT molecular complexity index is 689. The van der Waals surface area contributed by atoms with E-state index in [9.17, 15) is 0 Å². The van der Waals surface area contributed by atoms with E-state index in [0.29, 0.717) is 12.1 Å². The monoisotopic (exact) mass is 283 g/mol. The van der Waals surface area contributed by atoms with Gasteiger partial charge in [0.25, 0.3) is 0 Å². The third kappa shape index (κ3) is 2.05. The number of thiazole rings is 1. The molecule has 1 atom stereocenters. The Morgan fingerprint density at radius 1 is 1.30 bits per heavy atom. The van der Waals surface area contributed by atoms with Crippen LogP contribution in [-0.4, -0.2) is 15.4 Å². The molecule has 0 fully saturated rings. The molecular weight excluding hydrogens is 266 g/mol. The van der Waals surface area contributed by atoms with Gasteiger partial charge in [0.15, 0.2) is 4.96 Å². The summed E-state index contributed by atoms with van der Waals surface area (Å²) in [5.74, 6) is 0. The van der Waals surface area contributed by atoms with Gasteiger partial charge < -0.3 is 5.32 Å². The van der Waals surface area contributed by atoms with Crippen molar-refractivity contribution in [3.8, 4) is 0 Å². The third-order valence-corrected chi connectivity index (χ3v) is 4.86. The highest BCUT2D eigenvalue weighted by Gasteiger charge is 2.23. The zero-order chi connectivity index (χ0) is 13.5. The van der Waals surface area contributed by atoms with Crippen LogP contribution in [0.5, 0.6) is 0 Å². The standard InChI is InChI=1S/C16H17N3S/c1-11(15-10-19-6-7-20-16(19)18-15)17-14-8-12-4-2-3-5-13(12)9-14/h2-7,10-11,14,17H,8-9H2,1H3. The molecule has 0 saturated heterocycles. The lowest BCUT2D eigenvalue weighted by atomic mass is 10.1. The second-order valence-electron chi connectivity index (χ2n) is 5.52. The van der Waals surface area contributed by atoms with E-state index in [2.05, 4.69) is 63.7 Å². The summed E-state index contributed by atoms with van der Waals surface area (Å²) in [6.45, 7) is 2.20. The van der Waals surface area contributed by atoms with E-state index in [1.54, 1.807) is 11.3 Å². The van der Waals surface area contributed by atoms with Crippen molar-refractivity contribution in [2.45, 2.75) is 31.8 Å². The Balaban J connectivity index is 1.49. The number of aromatic nitrogens is 2. The van der Waals surface area contributed by atoms with Crippen molar-refractivity contribution >= 4 is 16.3 Å². The third-order valence-electron chi connectivity index (χ3n) is 4.09. The smallest absolute Gasteiger partial charge is 0.193 e. The molecule has 20 heavy (non-hydrogen) atoms. The van der Waals surface area contributed by atoms with E-state index in [0.717, 1.165) is 23.5 Å². The topological polar surface area (TPSA) is 29.3 Å². The average molecular weight is 283 g/mol. The molecule has 1 aliphatic carbocycles. The SMILES string of the molecule is CC(NC1Cc2ccccc2C1)c1cn2ccsc2n1. The number of fused-ring (bicyclic) bond motifs is 2. The van der Waals surface area contributed by atoms with Crippen LogP contribution in [0.1, 0.15) is 29.8 Å². The summed E-state index contributed by atoms with van der Waals surface area (Å²) in [6, 6.07) is 9.58. The Hall–Kier alpha value is -1.65. The summed E-state index contributed by atoms with van der Waals surface area (Å²) in [4.78, 5) is 5.76. The van der Waals surface area contributed by atoms with E-state index >= 15 is 0 Å². The molecule has 1 aromatic carbocycles. The summed E-state index contributed by atoms with van der Waals surface area (Å²) < 4.78 is 2.10. The second kappa shape index (κ2) is 4.72. The van der Waals surface area contributed by atoms with Gasteiger partial charge in [0.05, 0.1) is 5.69 Å². The first kappa shape index (κ1) is 12.1. The lowest BCUT2D eigenvalue weighted by molar-refractivity contribution is 0.462. The lowest BCUT2D eigenvalue weighted by Gasteiger charge is -2.17. The Labute approximate surface area is 122 Å². The molecule has 0 radical (unpaired) electrons. The first-order valence-electron chi connectivity index (χ1n) is 7.04. The van der Waals surface area contributed by atoms with E-state index in [4.69, 9.17) is 0 Å². The van der Waals surface area contributed by atoms with Gasteiger partial charge in [0, 0.05) is 29.9 Å². The van der Waals surface area contributed by atoms with Crippen LogP contribution in [0.4, 0.5) is 0 Å². The van der Waals surface area contributed by atoms with Crippen molar-refractivity contribution in [3.63, 3.8) is 0 Å². The number of hydrogen-bond acceptors (Lipinski definition) is 3. The Kier molecular flexibility index (Phi) is 2.86. The maximum atomic E-state index is 4.68. The molecule has 2 aromatic heterocycles. The molecule has 4 rings (SSSR count). The molecule has 0 bridgehead atoms. The maximum Gasteiger partial charge on any atom is 0.193 e. The number of benzene rings is 1. The predicted octanol–water partition coefficient (Wildman–Crippen LogP) is 3.21. The number of nitrogens with zero attached hydrogens (tertiary/aromatic N) is 2. The zero-order valence-corrected chi connectivity index (χ0v) is 12.2. The normalized spacial score (nSPS) is 16.6. The zero-order valence-electron chi connectivity index (χ0n) is 11.4. The van der Waals surface area contributed by atoms with Gasteiger partial charge in [-0.05, 0) is 30.9 Å². The van der Waals surface area contributed by atoms with Crippen molar-refractivity contribution in [2.24, 2.45) is 0 Å². The molecule has 1 N–H and O–H groups in total. The van der Waals surface area contributed by atoms with Gasteiger partial charge in [-0.3, -0.25) is 4.40 Å². The predicted molar refractivity (Wildman–Crippen MR) is 82.3 cm³/mol. The van der Waals surface area contributed by atoms with Crippen LogP contribution in [0.3, 0.4) is 0 Å². The first-order valence-corrected chi connectivity index (χ1v) is 7.92. The van der Waals surface area contributed by atoms with E-state index in [-0.39, 0.29) is 0 Å². The molecule has 0 saturated carbocycles. The van der Waals surface area contributed by atoms with E-state index in [1.165, 1.54) is 11.1 Å². The largest absolute Gasteiger partial charge is 0.305 e. The van der Waals surface area contributed by atoms with Gasteiger partial charge in [-0.2, -0.15) is 0 Å². The van der Waals surface area contributed by atoms with Gasteiger partial charge >= 0.3 is 0 Å². The van der Waals surface area contributed by atoms with Gasteiger partial charge in [0.2, 0.25) is 0 Å². The van der Waals surface area contributed by atoms with Crippen LogP contribution in [-0.2, 0) is 12.8 Å². The van der Waals surface area contributed by atoms with E-state index < -0.39 is 0 Å². The molecule has 0 aliphatic heterocycles. The molecular formula is C16H17N3S. The van der Waals surface area contributed by atoms with Crippen LogP contribution in [0.25, 0.3) is 4.96 Å². The van der Waals surface area contributed by atoms with Crippen molar-refractivity contribution in [1.29, 1.82) is 0 Å². The minimum atomic E-state index is 0.293. The van der Waals surface area contributed by atoms with Gasteiger partial charge in [0.1, 0.15) is 0 Å². The Morgan fingerprint density at radius 3 is 2.75 bits per heavy atom. The molecule has 0 amide bonds. The molecule has 1 aliphatic rings. The van der Waals surface area contributed by atoms with E-state index in [1.807, 2.05) is 0 Å². The molecule has 4 heteroatoms. The number of hydrogen-bond donors (Lipinski definition) is 1. The van der Waals surface area contributed by atoms with Gasteiger partial charge in [-0.1, -0.05) is 24.3 Å². The minimum absolute atomic E-state index is 0.293. The quantitative estimate of drug-likeness (QED) is 0.800. The fourth-order valence-corrected chi connectivity index (χ4v) is 3.78. The average Bonchev–Trinajstić information content (AvgIpc) is 3.11. The second-order valence-corrected chi connectivity index (χ2v) is 6.39. The van der Waals surface area contributed by atoms with Crippen LogP contribution in [0.15, 0.2) is 42.0 Å². The number of nitrogens with one attached hydrogen (secondary N) is 1. The van der Waals surface area contributed by atoms with Gasteiger partial charge in [-0.25, -0.2) is 4.98 Å². The highest BCUT2D eigenvalue weighted by molar-refractivity contribution is 7.15. The molecule has 3 nitrogen and oxygen atoms in total. The van der Waals surface area contributed by atoms with Crippen molar-refractivity contribution in [3.05, 3.63) is 58.9 Å². The van der Waals surface area contributed by atoms with Crippen molar-refractivity contribution in [2.75, 3.05) is 0 Å². The molecule has 3 aromatic rings. The van der Waals surface area contributed by atoms with Crippen molar-refractivity contribution in [1.82, 2.24) is 14.7 Å². The highest BCUT2D eigenvalue weighted by Crippen LogP contribution is 2.24. The fraction of sp³-hybridized carbons (Fsp3) is 0.312. The summed E-state index contributed by atoms with van der Waals surface area (Å²) in [6.07, 6.45) is 6.45. The summed E-state index contributed by atoms with van der Waals surface area (Å²) in [5.41, 5.74) is 4.11. The number of rotatable bonds is 3. The summed E-state index contributed by atoms with van der Waals surface area (Å²) in [5, 5.41) is 5.79. The molecule has 0 spiro atoms. The summed E-state index contributed by atoms with van der Waals surface area (Å²) in [7, 11) is 0. The van der Waals surface area contributed by atoms with Crippen LogP contribution < -0.4 is 5.32 Å².